The van der Waals surface area contributed by atoms with Gasteiger partial charge in [0, 0.05) is 0 Å². The van der Waals surface area contributed by atoms with Gasteiger partial charge in [-0.2, -0.15) is 13.2 Å². The Bertz CT molecular complexity index is 556. The number of hydrogen-bond acceptors (Lipinski definition) is 0. The molecule has 0 aliphatic rings. The zero-order valence-corrected chi connectivity index (χ0v) is 9.55. The molecule has 0 radical (unpaired) electrons. The summed E-state index contributed by atoms with van der Waals surface area (Å²) in [5.41, 5.74) is -0.325. The second-order valence-electron chi connectivity index (χ2n) is 4.01. The molecule has 0 N–H and O–H groups in total. The fraction of sp³-hybridized carbons (Fsp3) is 0.143. The highest BCUT2D eigenvalue weighted by atomic mass is 19.4. The Morgan fingerprint density at radius 3 is 2.11 bits per heavy atom. The molecule has 0 bridgehead atoms. The van der Waals surface area contributed by atoms with Crippen LogP contribution >= 0.6 is 0 Å². The second-order valence-corrected chi connectivity index (χ2v) is 4.01. The van der Waals surface area contributed by atoms with Gasteiger partial charge in [-0.25, -0.2) is 4.39 Å². The summed E-state index contributed by atoms with van der Waals surface area (Å²) in [7, 11) is 0. The lowest BCUT2D eigenvalue weighted by Crippen LogP contribution is -2.08. The molecule has 2 aromatic rings. The standard InChI is InChI=1S/C14H10F4/c1-9-7-11(10-5-3-2-4-6-10)12(8-13(9)15)14(16,17)18/h2-8H,1H3. The molecule has 0 atom stereocenters. The molecule has 0 aromatic heterocycles. The van der Waals surface area contributed by atoms with Crippen LogP contribution < -0.4 is 0 Å². The van der Waals surface area contributed by atoms with Crippen molar-refractivity contribution >= 4 is 0 Å². The van der Waals surface area contributed by atoms with Crippen LogP contribution in [0.1, 0.15) is 11.1 Å². The summed E-state index contributed by atoms with van der Waals surface area (Å²) in [4.78, 5) is 0. The third kappa shape index (κ3) is 2.37. The van der Waals surface area contributed by atoms with Gasteiger partial charge in [0.05, 0.1) is 5.56 Å². The second kappa shape index (κ2) is 4.44. The third-order valence-corrected chi connectivity index (χ3v) is 2.69. The van der Waals surface area contributed by atoms with Gasteiger partial charge in [-0.1, -0.05) is 30.3 Å². The topological polar surface area (TPSA) is 0 Å². The predicted molar refractivity (Wildman–Crippen MR) is 61.6 cm³/mol. The molecule has 0 heterocycles. The van der Waals surface area contributed by atoms with E-state index in [1.807, 2.05) is 0 Å². The van der Waals surface area contributed by atoms with E-state index in [1.54, 1.807) is 30.3 Å². The molecule has 0 aliphatic heterocycles. The smallest absolute Gasteiger partial charge is 0.207 e. The summed E-state index contributed by atoms with van der Waals surface area (Å²) >= 11 is 0. The molecule has 0 aliphatic carbocycles. The lowest BCUT2D eigenvalue weighted by molar-refractivity contribution is -0.137. The van der Waals surface area contributed by atoms with Crippen molar-refractivity contribution in [3.63, 3.8) is 0 Å². The van der Waals surface area contributed by atoms with Crippen LogP contribution in [0.3, 0.4) is 0 Å². The summed E-state index contributed by atoms with van der Waals surface area (Å²) in [6.45, 7) is 1.45. The van der Waals surface area contributed by atoms with Gasteiger partial charge in [-0.05, 0) is 35.7 Å². The molecular weight excluding hydrogens is 244 g/mol. The largest absolute Gasteiger partial charge is 0.417 e. The molecule has 0 fully saturated rings. The van der Waals surface area contributed by atoms with E-state index in [-0.39, 0.29) is 11.1 Å². The lowest BCUT2D eigenvalue weighted by atomic mass is 9.97. The number of alkyl halides is 3. The van der Waals surface area contributed by atoms with Crippen molar-refractivity contribution in [3.05, 3.63) is 59.4 Å². The molecule has 0 nitrogen and oxygen atoms in total. The zero-order valence-electron chi connectivity index (χ0n) is 9.55. The van der Waals surface area contributed by atoms with Gasteiger partial charge in [0.15, 0.2) is 0 Å². The average molecular weight is 254 g/mol. The fourth-order valence-corrected chi connectivity index (χ4v) is 1.77. The maximum Gasteiger partial charge on any atom is 0.417 e. The van der Waals surface area contributed by atoms with Gasteiger partial charge in [0.25, 0.3) is 0 Å². The van der Waals surface area contributed by atoms with Crippen molar-refractivity contribution in [2.75, 3.05) is 0 Å². The van der Waals surface area contributed by atoms with Gasteiger partial charge in [0.2, 0.25) is 0 Å². The van der Waals surface area contributed by atoms with Crippen molar-refractivity contribution in [1.82, 2.24) is 0 Å². The van der Waals surface area contributed by atoms with Crippen LogP contribution in [0, 0.1) is 12.7 Å². The average Bonchev–Trinajstić information content (AvgIpc) is 2.32. The summed E-state index contributed by atoms with van der Waals surface area (Å²) in [5.74, 6) is -0.845. The minimum Gasteiger partial charge on any atom is -0.207 e. The summed E-state index contributed by atoms with van der Waals surface area (Å²) in [6.07, 6.45) is -4.57. The molecule has 0 saturated heterocycles. The van der Waals surface area contributed by atoms with Crippen LogP contribution in [0.15, 0.2) is 42.5 Å². The quantitative estimate of drug-likeness (QED) is 0.640. The van der Waals surface area contributed by atoms with E-state index in [0.717, 1.165) is 0 Å². The zero-order chi connectivity index (χ0) is 13.3. The van der Waals surface area contributed by atoms with Gasteiger partial charge in [-0.3, -0.25) is 0 Å². The van der Waals surface area contributed by atoms with Crippen LogP contribution in [0.4, 0.5) is 17.6 Å². The molecule has 0 saturated carbocycles. The number of halogens is 4. The summed E-state index contributed by atoms with van der Waals surface area (Å²) in [6, 6.07) is 9.94. The predicted octanol–water partition coefficient (Wildman–Crippen LogP) is 4.82. The Morgan fingerprint density at radius 2 is 1.56 bits per heavy atom. The van der Waals surface area contributed by atoms with Crippen LogP contribution in [0.2, 0.25) is 0 Å². The molecule has 94 valence electrons. The van der Waals surface area contributed by atoms with Gasteiger partial charge >= 0.3 is 6.18 Å². The van der Waals surface area contributed by atoms with Crippen LogP contribution in [0.25, 0.3) is 11.1 Å². The third-order valence-electron chi connectivity index (χ3n) is 2.69. The number of aryl methyl sites for hydroxylation is 1. The SMILES string of the molecule is Cc1cc(-c2ccccc2)c(C(F)(F)F)cc1F. The Morgan fingerprint density at radius 1 is 0.944 bits per heavy atom. The van der Waals surface area contributed by atoms with Crippen molar-refractivity contribution < 1.29 is 17.6 Å². The highest BCUT2D eigenvalue weighted by Gasteiger charge is 2.34. The monoisotopic (exact) mass is 254 g/mol. The summed E-state index contributed by atoms with van der Waals surface area (Å²) in [5, 5.41) is 0. The van der Waals surface area contributed by atoms with Crippen LogP contribution in [-0.4, -0.2) is 0 Å². The number of rotatable bonds is 1. The Kier molecular flexibility index (Phi) is 3.11. The fourth-order valence-electron chi connectivity index (χ4n) is 1.77. The minimum atomic E-state index is -4.57. The van der Waals surface area contributed by atoms with E-state index in [2.05, 4.69) is 0 Å². The van der Waals surface area contributed by atoms with E-state index in [9.17, 15) is 17.6 Å². The first kappa shape index (κ1) is 12.6. The molecule has 0 unspecified atom stereocenters. The first-order chi connectivity index (χ1) is 8.39. The normalized spacial score (nSPS) is 11.6. The van der Waals surface area contributed by atoms with Gasteiger partial charge in [0.1, 0.15) is 5.82 Å². The summed E-state index contributed by atoms with van der Waals surface area (Å²) < 4.78 is 51.9. The van der Waals surface area contributed by atoms with E-state index in [4.69, 9.17) is 0 Å². The molecule has 18 heavy (non-hydrogen) atoms. The van der Waals surface area contributed by atoms with Crippen molar-refractivity contribution in [1.29, 1.82) is 0 Å². The molecule has 2 rings (SSSR count). The molecule has 0 spiro atoms. The van der Waals surface area contributed by atoms with E-state index < -0.39 is 17.6 Å². The molecule has 4 heteroatoms. The minimum absolute atomic E-state index is 0.00185. The van der Waals surface area contributed by atoms with E-state index >= 15 is 0 Å². The lowest BCUT2D eigenvalue weighted by Gasteiger charge is -2.14. The van der Waals surface area contributed by atoms with Crippen molar-refractivity contribution in [3.8, 4) is 11.1 Å². The van der Waals surface area contributed by atoms with Gasteiger partial charge in [-0.15, -0.1) is 0 Å². The van der Waals surface area contributed by atoms with Gasteiger partial charge < -0.3 is 0 Å². The Labute approximate surface area is 102 Å². The van der Waals surface area contributed by atoms with Crippen molar-refractivity contribution in [2.24, 2.45) is 0 Å². The maximum absolute atomic E-state index is 13.3. The number of benzene rings is 2. The first-order valence-electron chi connectivity index (χ1n) is 5.32. The highest BCUT2D eigenvalue weighted by Crippen LogP contribution is 2.38. The molecular formula is C14H10F4. The highest BCUT2D eigenvalue weighted by molar-refractivity contribution is 5.68. The molecule has 0 amide bonds. The van der Waals surface area contributed by atoms with E-state index in [1.165, 1.54) is 13.0 Å². The number of hydrogen-bond donors (Lipinski definition) is 0. The van der Waals surface area contributed by atoms with Crippen molar-refractivity contribution in [2.45, 2.75) is 13.1 Å². The van der Waals surface area contributed by atoms with E-state index in [0.29, 0.717) is 11.6 Å². The first-order valence-corrected chi connectivity index (χ1v) is 5.32. The Balaban J connectivity index is 2.70. The Hall–Kier alpha value is -1.84. The maximum atomic E-state index is 13.3. The van der Waals surface area contributed by atoms with Crippen LogP contribution in [-0.2, 0) is 6.18 Å². The molecule has 2 aromatic carbocycles. The van der Waals surface area contributed by atoms with Crippen LogP contribution in [0.5, 0.6) is 0 Å².